The first kappa shape index (κ1) is 12.1. The third kappa shape index (κ3) is 11.8. The van der Waals surface area contributed by atoms with Crippen LogP contribution in [0.15, 0.2) is 0 Å². The van der Waals surface area contributed by atoms with Crippen LogP contribution in [0.4, 0.5) is 0 Å². The van der Waals surface area contributed by atoms with Gasteiger partial charge < -0.3 is 4.74 Å². The summed E-state index contributed by atoms with van der Waals surface area (Å²) < 4.78 is 4.80. The minimum absolute atomic E-state index is 0. The first-order chi connectivity index (χ1) is 3.91. The van der Waals surface area contributed by atoms with Crippen molar-refractivity contribution in [2.24, 2.45) is 0 Å². The maximum Gasteiger partial charge on any atom is 0.226 e. The second-order valence-electron chi connectivity index (χ2n) is 1.55. The van der Waals surface area contributed by atoms with Gasteiger partial charge in [-0.3, -0.25) is 4.79 Å². The van der Waals surface area contributed by atoms with E-state index in [0.717, 1.165) is 12.8 Å². The van der Waals surface area contributed by atoms with Crippen LogP contribution in [0.25, 0.3) is 0 Å². The molecule has 1 radical (unpaired) electrons. The Hall–Kier alpha value is 0.344. The van der Waals surface area contributed by atoms with Gasteiger partial charge in [-0.1, -0.05) is 13.3 Å². The molecule has 0 unspecified atom stereocenters. The van der Waals surface area contributed by atoms with E-state index in [2.05, 4.69) is 6.92 Å². The number of unbranched alkanes of at least 4 members (excludes halogenated alkanes) is 1. The standard InChI is InChI=1S/C6H11O2.Ti/c1-2-3-5-8-6-4-7;/h2-3,5-6H2,1H3;. The maximum absolute atomic E-state index is 9.52. The Balaban J connectivity index is 0. The summed E-state index contributed by atoms with van der Waals surface area (Å²) in [5.74, 6) is 0. The van der Waals surface area contributed by atoms with Crippen molar-refractivity contribution in [1.82, 2.24) is 0 Å². The quantitative estimate of drug-likeness (QED) is 0.444. The molecule has 3 heteroatoms. The van der Waals surface area contributed by atoms with Crippen LogP contribution in [-0.4, -0.2) is 19.5 Å². The average molecular weight is 163 g/mol. The van der Waals surface area contributed by atoms with Crippen molar-refractivity contribution in [3.8, 4) is 0 Å². The van der Waals surface area contributed by atoms with E-state index in [0.29, 0.717) is 6.61 Å². The molecule has 0 aliphatic carbocycles. The van der Waals surface area contributed by atoms with Crippen molar-refractivity contribution in [3.05, 3.63) is 0 Å². The molecule has 0 aliphatic rings. The third-order valence-corrected chi connectivity index (χ3v) is 0.803. The molecule has 0 aromatic carbocycles. The number of ether oxygens (including phenoxy) is 1. The van der Waals surface area contributed by atoms with Crippen molar-refractivity contribution in [1.29, 1.82) is 0 Å². The summed E-state index contributed by atoms with van der Waals surface area (Å²) in [6.45, 7) is 2.89. The molecule has 0 bridgehead atoms. The Morgan fingerprint density at radius 1 is 1.56 bits per heavy atom. The van der Waals surface area contributed by atoms with Gasteiger partial charge in [0.05, 0.1) is 0 Å². The minimum Gasteiger partial charge on any atom is -0.373 e. The largest absolute Gasteiger partial charge is 0.373 e. The molecule has 0 aromatic heterocycles. The molecule has 0 spiro atoms. The number of hydrogen-bond acceptors (Lipinski definition) is 2. The van der Waals surface area contributed by atoms with Crippen LogP contribution in [0, 0.1) is 0 Å². The summed E-state index contributed by atoms with van der Waals surface area (Å²) in [6, 6.07) is 0. The smallest absolute Gasteiger partial charge is 0.226 e. The maximum atomic E-state index is 9.52. The molecular weight excluding hydrogens is 152 g/mol. The van der Waals surface area contributed by atoms with Gasteiger partial charge in [-0.25, -0.2) is 0 Å². The van der Waals surface area contributed by atoms with Crippen LogP contribution in [0.1, 0.15) is 19.8 Å². The Morgan fingerprint density at radius 3 is 2.67 bits per heavy atom. The average Bonchev–Trinajstić information content (AvgIpc) is 1.81. The Labute approximate surface area is 70.8 Å². The molecule has 0 amide bonds. The van der Waals surface area contributed by atoms with Crippen molar-refractivity contribution < 1.29 is 31.2 Å². The summed E-state index contributed by atoms with van der Waals surface area (Å²) in [4.78, 5) is 9.52. The van der Waals surface area contributed by atoms with Gasteiger partial charge in [-0.05, 0) is 6.42 Å². The molecule has 0 atom stereocenters. The monoisotopic (exact) mass is 163 g/mol. The first-order valence-corrected chi connectivity index (χ1v) is 2.84. The summed E-state index contributed by atoms with van der Waals surface area (Å²) in [5, 5.41) is 0. The van der Waals surface area contributed by atoms with E-state index in [1.54, 1.807) is 6.29 Å². The van der Waals surface area contributed by atoms with Gasteiger partial charge in [0.1, 0.15) is 6.61 Å². The third-order valence-electron chi connectivity index (χ3n) is 0.803. The van der Waals surface area contributed by atoms with E-state index in [-0.39, 0.29) is 28.3 Å². The SMILES string of the molecule is CCCCOC[C]=O.[Ti]. The molecule has 51 valence electrons. The van der Waals surface area contributed by atoms with Crippen LogP contribution >= 0.6 is 0 Å². The van der Waals surface area contributed by atoms with Gasteiger partial charge in [0.2, 0.25) is 6.29 Å². The first-order valence-electron chi connectivity index (χ1n) is 2.84. The van der Waals surface area contributed by atoms with E-state index in [9.17, 15) is 4.79 Å². The van der Waals surface area contributed by atoms with E-state index in [1.165, 1.54) is 0 Å². The van der Waals surface area contributed by atoms with Gasteiger partial charge in [-0.15, -0.1) is 0 Å². The van der Waals surface area contributed by atoms with Gasteiger partial charge >= 0.3 is 0 Å². The molecular formula is C6H11O2Ti. The Kier molecular flexibility index (Phi) is 15.0. The van der Waals surface area contributed by atoms with Gasteiger partial charge in [0, 0.05) is 28.3 Å². The van der Waals surface area contributed by atoms with Crippen LogP contribution in [0.2, 0.25) is 0 Å². The molecule has 0 aliphatic heterocycles. The van der Waals surface area contributed by atoms with E-state index in [1.807, 2.05) is 0 Å². The van der Waals surface area contributed by atoms with Crippen molar-refractivity contribution in [2.45, 2.75) is 19.8 Å². The van der Waals surface area contributed by atoms with Crippen LogP contribution in [-0.2, 0) is 31.2 Å². The zero-order valence-corrected chi connectivity index (χ0v) is 7.21. The van der Waals surface area contributed by atoms with Gasteiger partial charge in [0.25, 0.3) is 0 Å². The predicted octanol–water partition coefficient (Wildman–Crippen LogP) is 0.910. The molecule has 0 heterocycles. The molecule has 0 rings (SSSR count). The fraction of sp³-hybridized carbons (Fsp3) is 0.833. The molecule has 0 N–H and O–H groups in total. The predicted molar refractivity (Wildman–Crippen MR) is 31.4 cm³/mol. The fourth-order valence-corrected chi connectivity index (χ4v) is 0.360. The van der Waals surface area contributed by atoms with Gasteiger partial charge in [0.15, 0.2) is 0 Å². The van der Waals surface area contributed by atoms with Gasteiger partial charge in [-0.2, -0.15) is 0 Å². The zero-order chi connectivity index (χ0) is 6.24. The Morgan fingerprint density at radius 2 is 2.22 bits per heavy atom. The molecule has 0 fully saturated rings. The summed E-state index contributed by atoms with van der Waals surface area (Å²) in [5.41, 5.74) is 0. The summed E-state index contributed by atoms with van der Waals surface area (Å²) in [6.07, 6.45) is 3.79. The fourth-order valence-electron chi connectivity index (χ4n) is 0.360. The summed E-state index contributed by atoms with van der Waals surface area (Å²) in [7, 11) is 0. The molecule has 0 saturated heterocycles. The molecule has 2 nitrogen and oxygen atoms in total. The topological polar surface area (TPSA) is 26.3 Å². The van der Waals surface area contributed by atoms with Crippen LogP contribution in [0.3, 0.4) is 0 Å². The van der Waals surface area contributed by atoms with Crippen LogP contribution < -0.4 is 0 Å². The van der Waals surface area contributed by atoms with E-state index < -0.39 is 0 Å². The molecule has 0 saturated carbocycles. The minimum atomic E-state index is 0. The molecule has 9 heavy (non-hydrogen) atoms. The van der Waals surface area contributed by atoms with Crippen molar-refractivity contribution in [3.63, 3.8) is 0 Å². The number of carbonyl (C=O) groups excluding carboxylic acids is 1. The van der Waals surface area contributed by atoms with Crippen molar-refractivity contribution in [2.75, 3.05) is 13.2 Å². The zero-order valence-electron chi connectivity index (χ0n) is 5.64. The number of hydrogen-bond donors (Lipinski definition) is 0. The second-order valence-corrected chi connectivity index (χ2v) is 1.55. The van der Waals surface area contributed by atoms with E-state index >= 15 is 0 Å². The van der Waals surface area contributed by atoms with Crippen molar-refractivity contribution >= 4 is 6.29 Å². The number of rotatable bonds is 5. The normalized spacial score (nSPS) is 8.11. The Bertz CT molecular complexity index is 57.0. The summed E-state index contributed by atoms with van der Waals surface area (Å²) >= 11 is 0. The molecule has 0 aromatic rings. The second kappa shape index (κ2) is 11.2. The van der Waals surface area contributed by atoms with Crippen LogP contribution in [0.5, 0.6) is 0 Å². The van der Waals surface area contributed by atoms with E-state index in [4.69, 9.17) is 4.74 Å².